The van der Waals surface area contributed by atoms with Crippen LogP contribution in [-0.2, 0) is 14.8 Å². The molecule has 1 aliphatic heterocycles. The monoisotopic (exact) mass is 353 g/mol. The van der Waals surface area contributed by atoms with Crippen molar-refractivity contribution in [2.75, 3.05) is 27.2 Å². The second-order valence-electron chi connectivity index (χ2n) is 6.04. The van der Waals surface area contributed by atoms with Crippen molar-refractivity contribution < 1.29 is 18.0 Å². The number of sulfonamides is 1. The highest BCUT2D eigenvalue weighted by Gasteiger charge is 2.25. The van der Waals surface area contributed by atoms with E-state index in [9.17, 15) is 18.0 Å². The fraction of sp³-hybridized carbons (Fsp3) is 0.500. The Balaban J connectivity index is 2.03. The molecule has 7 nitrogen and oxygen atoms in total. The second kappa shape index (κ2) is 7.31. The van der Waals surface area contributed by atoms with Gasteiger partial charge < -0.3 is 10.2 Å². The van der Waals surface area contributed by atoms with Gasteiger partial charge in [0.15, 0.2) is 0 Å². The van der Waals surface area contributed by atoms with Crippen LogP contribution in [0.4, 0.5) is 0 Å². The largest absolute Gasteiger partial charge is 0.341 e. The predicted octanol–water partition coefficient (Wildman–Crippen LogP) is 0.678. The van der Waals surface area contributed by atoms with Gasteiger partial charge in [-0.05, 0) is 44.0 Å². The van der Waals surface area contributed by atoms with Crippen molar-refractivity contribution in [1.29, 1.82) is 0 Å². The molecule has 24 heavy (non-hydrogen) atoms. The third-order valence-corrected chi connectivity index (χ3v) is 5.86. The van der Waals surface area contributed by atoms with Crippen LogP contribution < -0.4 is 5.32 Å². The van der Waals surface area contributed by atoms with Crippen molar-refractivity contribution in [3.63, 3.8) is 0 Å². The average molecular weight is 353 g/mol. The number of nitrogens with one attached hydrogen (secondary N) is 1. The lowest BCUT2D eigenvalue weighted by Crippen LogP contribution is -2.45. The summed E-state index contributed by atoms with van der Waals surface area (Å²) >= 11 is 0. The standard InChI is InChI=1S/C16H23N3O4S/c1-12(16(21)19-10-4-5-11-19)17-15(20)13-6-8-14(9-7-13)24(22,23)18(2)3/h6-9,12H,4-5,10-11H2,1-3H3,(H,17,20)/t12-/m0/s1. The van der Waals surface area contributed by atoms with E-state index < -0.39 is 22.0 Å². The zero-order chi connectivity index (χ0) is 17.9. The summed E-state index contributed by atoms with van der Waals surface area (Å²) in [7, 11) is -0.634. The Morgan fingerprint density at radius 3 is 2.17 bits per heavy atom. The molecule has 0 bridgehead atoms. The fourth-order valence-corrected chi connectivity index (χ4v) is 3.44. The van der Waals surface area contributed by atoms with Gasteiger partial charge in [-0.3, -0.25) is 9.59 Å². The number of hydrogen-bond acceptors (Lipinski definition) is 4. The average Bonchev–Trinajstić information content (AvgIpc) is 3.08. The molecule has 0 unspecified atom stereocenters. The van der Waals surface area contributed by atoms with Crippen LogP contribution in [0.2, 0.25) is 0 Å². The summed E-state index contributed by atoms with van der Waals surface area (Å²) in [6.07, 6.45) is 1.99. The Bertz CT molecular complexity index is 707. The Labute approximate surface area is 142 Å². The molecule has 0 aromatic heterocycles. The molecule has 1 aliphatic rings. The minimum absolute atomic E-state index is 0.0901. The number of likely N-dealkylation sites (tertiary alicyclic amines) is 1. The van der Waals surface area contributed by atoms with Crippen molar-refractivity contribution in [2.24, 2.45) is 0 Å². The fourth-order valence-electron chi connectivity index (χ4n) is 2.54. The molecule has 1 atom stereocenters. The summed E-state index contributed by atoms with van der Waals surface area (Å²) < 4.78 is 25.1. The molecule has 0 aliphatic carbocycles. The first-order valence-corrected chi connectivity index (χ1v) is 9.29. The molecule has 8 heteroatoms. The van der Waals surface area contributed by atoms with Crippen LogP contribution in [0.25, 0.3) is 0 Å². The Kier molecular flexibility index (Phi) is 5.61. The molecular weight excluding hydrogens is 330 g/mol. The van der Waals surface area contributed by atoms with E-state index in [1.807, 2.05) is 0 Å². The highest BCUT2D eigenvalue weighted by atomic mass is 32.2. The summed E-state index contributed by atoms with van der Waals surface area (Å²) in [5.74, 6) is -0.489. The van der Waals surface area contributed by atoms with Gasteiger partial charge in [-0.25, -0.2) is 12.7 Å². The number of carbonyl (C=O) groups excluding carboxylic acids is 2. The first kappa shape index (κ1) is 18.4. The normalized spacial score (nSPS) is 16.2. The van der Waals surface area contributed by atoms with Crippen molar-refractivity contribution >= 4 is 21.8 Å². The van der Waals surface area contributed by atoms with Crippen LogP contribution in [0.15, 0.2) is 29.2 Å². The van der Waals surface area contributed by atoms with E-state index in [2.05, 4.69) is 5.32 Å². The number of benzene rings is 1. The summed E-state index contributed by atoms with van der Waals surface area (Å²) in [5, 5.41) is 2.66. The smallest absolute Gasteiger partial charge is 0.251 e. The third-order valence-electron chi connectivity index (χ3n) is 4.03. The molecule has 0 spiro atoms. The van der Waals surface area contributed by atoms with Crippen molar-refractivity contribution in [1.82, 2.24) is 14.5 Å². The zero-order valence-corrected chi connectivity index (χ0v) is 15.0. The van der Waals surface area contributed by atoms with Crippen LogP contribution in [0.5, 0.6) is 0 Å². The van der Waals surface area contributed by atoms with E-state index in [0.717, 1.165) is 30.2 Å². The molecule has 1 aromatic rings. The molecular formula is C16H23N3O4S. The minimum atomic E-state index is -3.53. The second-order valence-corrected chi connectivity index (χ2v) is 8.19. The predicted molar refractivity (Wildman–Crippen MR) is 90.1 cm³/mol. The van der Waals surface area contributed by atoms with E-state index in [4.69, 9.17) is 0 Å². The van der Waals surface area contributed by atoms with Gasteiger partial charge in [0, 0.05) is 32.7 Å². The minimum Gasteiger partial charge on any atom is -0.341 e. The van der Waals surface area contributed by atoms with Gasteiger partial charge in [-0.1, -0.05) is 0 Å². The Hall–Kier alpha value is -1.93. The molecule has 1 fully saturated rings. The molecule has 1 N–H and O–H groups in total. The van der Waals surface area contributed by atoms with E-state index in [-0.39, 0.29) is 10.8 Å². The first-order valence-electron chi connectivity index (χ1n) is 7.85. The number of carbonyl (C=O) groups is 2. The highest BCUT2D eigenvalue weighted by Crippen LogP contribution is 2.14. The molecule has 0 radical (unpaired) electrons. The SMILES string of the molecule is C[C@H](NC(=O)c1ccc(S(=O)(=O)N(C)C)cc1)C(=O)N1CCCC1. The number of hydrogen-bond donors (Lipinski definition) is 1. The quantitative estimate of drug-likeness (QED) is 0.843. The molecule has 2 amide bonds. The zero-order valence-electron chi connectivity index (χ0n) is 14.2. The lowest BCUT2D eigenvalue weighted by atomic mass is 10.2. The highest BCUT2D eigenvalue weighted by molar-refractivity contribution is 7.89. The lowest BCUT2D eigenvalue weighted by Gasteiger charge is -2.21. The van der Waals surface area contributed by atoms with Gasteiger partial charge in [0.1, 0.15) is 6.04 Å². The van der Waals surface area contributed by atoms with Gasteiger partial charge >= 0.3 is 0 Å². The first-order chi connectivity index (χ1) is 11.2. The van der Waals surface area contributed by atoms with E-state index in [1.54, 1.807) is 11.8 Å². The lowest BCUT2D eigenvalue weighted by molar-refractivity contribution is -0.131. The van der Waals surface area contributed by atoms with Crippen LogP contribution in [0.3, 0.4) is 0 Å². The van der Waals surface area contributed by atoms with Crippen LogP contribution >= 0.6 is 0 Å². The van der Waals surface area contributed by atoms with Gasteiger partial charge in [-0.2, -0.15) is 0 Å². The molecule has 0 saturated carbocycles. The van der Waals surface area contributed by atoms with Crippen molar-refractivity contribution in [2.45, 2.75) is 30.7 Å². The summed E-state index contributed by atoms with van der Waals surface area (Å²) in [6, 6.07) is 5.05. The molecule has 1 heterocycles. The van der Waals surface area contributed by atoms with E-state index in [0.29, 0.717) is 5.56 Å². The summed E-state index contributed by atoms with van der Waals surface area (Å²) in [6.45, 7) is 3.12. The maximum Gasteiger partial charge on any atom is 0.251 e. The maximum atomic E-state index is 12.2. The van der Waals surface area contributed by atoms with Gasteiger partial charge in [0.25, 0.3) is 5.91 Å². The van der Waals surface area contributed by atoms with Crippen LogP contribution in [-0.4, -0.2) is 62.7 Å². The van der Waals surface area contributed by atoms with E-state index >= 15 is 0 Å². The maximum absolute atomic E-state index is 12.2. The summed E-state index contributed by atoms with van der Waals surface area (Å²) in [5.41, 5.74) is 0.314. The van der Waals surface area contributed by atoms with Crippen LogP contribution in [0.1, 0.15) is 30.1 Å². The van der Waals surface area contributed by atoms with Crippen molar-refractivity contribution in [3.8, 4) is 0 Å². The van der Waals surface area contributed by atoms with Gasteiger partial charge in [-0.15, -0.1) is 0 Å². The van der Waals surface area contributed by atoms with Crippen LogP contribution in [0, 0.1) is 0 Å². The summed E-state index contributed by atoms with van der Waals surface area (Å²) in [4.78, 5) is 26.3. The van der Waals surface area contributed by atoms with Gasteiger partial charge in [0.2, 0.25) is 15.9 Å². The third kappa shape index (κ3) is 3.93. The van der Waals surface area contributed by atoms with Crippen molar-refractivity contribution in [3.05, 3.63) is 29.8 Å². The topological polar surface area (TPSA) is 86.8 Å². The number of rotatable bonds is 5. The molecule has 1 saturated heterocycles. The Morgan fingerprint density at radius 2 is 1.67 bits per heavy atom. The van der Waals surface area contributed by atoms with Gasteiger partial charge in [0.05, 0.1) is 4.90 Å². The number of nitrogens with zero attached hydrogens (tertiary/aromatic N) is 2. The molecule has 2 rings (SSSR count). The van der Waals surface area contributed by atoms with E-state index in [1.165, 1.54) is 38.4 Å². The molecule has 132 valence electrons. The number of amides is 2. The Morgan fingerprint density at radius 1 is 1.12 bits per heavy atom. The molecule has 1 aromatic carbocycles.